The Morgan fingerprint density at radius 3 is 2.82 bits per heavy atom. The highest BCUT2D eigenvalue weighted by molar-refractivity contribution is 7.89. The molecule has 0 atom stereocenters. The summed E-state index contributed by atoms with van der Waals surface area (Å²) in [4.78, 5) is 13.3. The van der Waals surface area contributed by atoms with E-state index in [1.165, 1.54) is 16.7 Å². The Bertz CT molecular complexity index is 496. The zero-order valence-corrected chi connectivity index (χ0v) is 10.3. The third kappa shape index (κ3) is 2.32. The van der Waals surface area contributed by atoms with E-state index in [1.807, 2.05) is 0 Å². The van der Waals surface area contributed by atoms with Crippen LogP contribution in [0.3, 0.4) is 0 Å². The maximum Gasteiger partial charge on any atom is 0.246 e. The lowest BCUT2D eigenvalue weighted by atomic mass is 10.4. The quantitative estimate of drug-likeness (QED) is 0.757. The fraction of sp³-hybridized carbons (Fsp3) is 0.556. The minimum absolute atomic E-state index is 0.0925. The Labute approximate surface area is 99.5 Å². The molecule has 2 rings (SSSR count). The van der Waals surface area contributed by atoms with Crippen molar-refractivity contribution in [2.45, 2.75) is 11.3 Å². The van der Waals surface area contributed by atoms with E-state index in [1.54, 1.807) is 11.9 Å². The Kier molecular flexibility index (Phi) is 3.16. The number of amides is 1. The third-order valence-corrected chi connectivity index (χ3v) is 4.56. The number of nitrogens with one attached hydrogen (secondary N) is 1. The monoisotopic (exact) mass is 258 g/mol. The van der Waals surface area contributed by atoms with Gasteiger partial charge < -0.3 is 4.90 Å². The second kappa shape index (κ2) is 4.46. The highest BCUT2D eigenvalue weighted by atomic mass is 32.2. The van der Waals surface area contributed by atoms with Crippen LogP contribution in [0.4, 0.5) is 0 Å². The number of H-pyrrole nitrogens is 1. The molecule has 1 amide bonds. The van der Waals surface area contributed by atoms with Crippen LogP contribution in [0.2, 0.25) is 0 Å². The summed E-state index contributed by atoms with van der Waals surface area (Å²) in [5.41, 5.74) is 0. The molecule has 17 heavy (non-hydrogen) atoms. The summed E-state index contributed by atoms with van der Waals surface area (Å²) in [6, 6.07) is 0. The van der Waals surface area contributed by atoms with Gasteiger partial charge in [0.25, 0.3) is 0 Å². The molecule has 1 N–H and O–H groups in total. The van der Waals surface area contributed by atoms with Crippen molar-refractivity contribution in [3.8, 4) is 0 Å². The second-order valence-electron chi connectivity index (χ2n) is 3.94. The summed E-state index contributed by atoms with van der Waals surface area (Å²) in [6.45, 7) is 0.823. The standard InChI is InChI=1S/C9H14N4O3S/c1-12-3-2-4-13(7-9(12)14)17(15,16)8-5-10-11-6-8/h5-6H,2-4,7H2,1H3,(H,10,11). The van der Waals surface area contributed by atoms with Crippen molar-refractivity contribution in [2.24, 2.45) is 0 Å². The van der Waals surface area contributed by atoms with Crippen LogP contribution < -0.4 is 0 Å². The average Bonchev–Trinajstić information content (AvgIpc) is 2.75. The van der Waals surface area contributed by atoms with E-state index >= 15 is 0 Å². The Morgan fingerprint density at radius 1 is 1.41 bits per heavy atom. The van der Waals surface area contributed by atoms with Crippen molar-refractivity contribution >= 4 is 15.9 Å². The molecule has 0 aromatic carbocycles. The van der Waals surface area contributed by atoms with E-state index < -0.39 is 10.0 Å². The molecular weight excluding hydrogens is 244 g/mol. The first-order valence-corrected chi connectivity index (χ1v) is 6.69. The van der Waals surface area contributed by atoms with E-state index in [4.69, 9.17) is 0 Å². The minimum atomic E-state index is -3.61. The molecule has 8 heteroatoms. The molecule has 0 radical (unpaired) electrons. The lowest BCUT2D eigenvalue weighted by molar-refractivity contribution is -0.129. The van der Waals surface area contributed by atoms with Gasteiger partial charge in [-0.1, -0.05) is 0 Å². The molecule has 94 valence electrons. The van der Waals surface area contributed by atoms with Crippen LogP contribution in [0.5, 0.6) is 0 Å². The van der Waals surface area contributed by atoms with Gasteiger partial charge >= 0.3 is 0 Å². The molecule has 0 saturated carbocycles. The lowest BCUT2D eigenvalue weighted by Crippen LogP contribution is -2.37. The summed E-state index contributed by atoms with van der Waals surface area (Å²) in [5, 5.41) is 6.07. The largest absolute Gasteiger partial charge is 0.345 e. The number of hydrogen-bond donors (Lipinski definition) is 1. The molecule has 1 aromatic rings. The number of hydrogen-bond acceptors (Lipinski definition) is 4. The van der Waals surface area contributed by atoms with Crippen LogP contribution >= 0.6 is 0 Å². The second-order valence-corrected chi connectivity index (χ2v) is 5.88. The van der Waals surface area contributed by atoms with Gasteiger partial charge in [-0.05, 0) is 6.42 Å². The van der Waals surface area contributed by atoms with Gasteiger partial charge in [0.1, 0.15) is 4.90 Å². The van der Waals surface area contributed by atoms with E-state index in [0.29, 0.717) is 19.5 Å². The first-order valence-electron chi connectivity index (χ1n) is 5.25. The van der Waals surface area contributed by atoms with E-state index in [2.05, 4.69) is 10.2 Å². The fourth-order valence-electron chi connectivity index (χ4n) is 1.69. The van der Waals surface area contributed by atoms with E-state index in [9.17, 15) is 13.2 Å². The van der Waals surface area contributed by atoms with Gasteiger partial charge in [0.15, 0.2) is 0 Å². The highest BCUT2D eigenvalue weighted by Crippen LogP contribution is 2.16. The molecule has 1 fully saturated rings. The zero-order valence-electron chi connectivity index (χ0n) is 9.46. The van der Waals surface area contributed by atoms with Gasteiger partial charge in [-0.25, -0.2) is 8.42 Å². The van der Waals surface area contributed by atoms with E-state index in [-0.39, 0.29) is 17.3 Å². The molecule has 1 aliphatic rings. The highest BCUT2D eigenvalue weighted by Gasteiger charge is 2.30. The Morgan fingerprint density at radius 2 is 2.18 bits per heavy atom. The molecule has 0 unspecified atom stereocenters. The van der Waals surface area contributed by atoms with Crippen LogP contribution in [0.15, 0.2) is 17.3 Å². The molecule has 0 spiro atoms. The molecule has 7 nitrogen and oxygen atoms in total. The maximum absolute atomic E-state index is 12.1. The summed E-state index contributed by atoms with van der Waals surface area (Å²) in [7, 11) is -1.93. The van der Waals surface area contributed by atoms with Crippen LogP contribution in [0.1, 0.15) is 6.42 Å². The summed E-state index contributed by atoms with van der Waals surface area (Å²) < 4.78 is 25.5. The lowest BCUT2D eigenvalue weighted by Gasteiger charge is -2.18. The van der Waals surface area contributed by atoms with Gasteiger partial charge in [0.2, 0.25) is 15.9 Å². The first-order chi connectivity index (χ1) is 8.01. The van der Waals surface area contributed by atoms with E-state index in [0.717, 1.165) is 0 Å². The molecule has 1 aromatic heterocycles. The number of carbonyl (C=O) groups excluding carboxylic acids is 1. The molecule has 0 bridgehead atoms. The van der Waals surface area contributed by atoms with Crippen molar-refractivity contribution in [2.75, 3.05) is 26.7 Å². The van der Waals surface area contributed by atoms with Crippen LogP contribution in [0, 0.1) is 0 Å². The van der Waals surface area contributed by atoms with Crippen molar-refractivity contribution in [1.82, 2.24) is 19.4 Å². The predicted molar refractivity (Wildman–Crippen MR) is 59.6 cm³/mol. The van der Waals surface area contributed by atoms with Gasteiger partial charge in [0, 0.05) is 26.3 Å². The number of likely N-dealkylation sites (N-methyl/N-ethyl adjacent to an activating group) is 1. The smallest absolute Gasteiger partial charge is 0.246 e. The summed E-state index contributed by atoms with van der Waals surface area (Å²) in [5.74, 6) is -0.186. The normalized spacial score (nSPS) is 19.4. The van der Waals surface area contributed by atoms with Gasteiger partial charge in [-0.2, -0.15) is 9.40 Å². The SMILES string of the molecule is CN1CCCN(S(=O)(=O)c2cn[nH]c2)CC1=O. The molecule has 1 aliphatic heterocycles. The topological polar surface area (TPSA) is 86.4 Å². The number of rotatable bonds is 2. The van der Waals surface area contributed by atoms with Gasteiger partial charge in [-0.3, -0.25) is 9.89 Å². The minimum Gasteiger partial charge on any atom is -0.345 e. The van der Waals surface area contributed by atoms with Crippen LogP contribution in [0.25, 0.3) is 0 Å². The predicted octanol–water partition coefficient (Wildman–Crippen LogP) is -0.738. The third-order valence-electron chi connectivity index (χ3n) is 2.75. The van der Waals surface area contributed by atoms with Crippen molar-refractivity contribution in [3.05, 3.63) is 12.4 Å². The number of nitrogens with zero attached hydrogens (tertiary/aromatic N) is 3. The number of aromatic nitrogens is 2. The molecule has 0 aliphatic carbocycles. The summed E-state index contributed by atoms with van der Waals surface area (Å²) in [6.07, 6.45) is 3.20. The van der Waals surface area contributed by atoms with Crippen molar-refractivity contribution < 1.29 is 13.2 Å². The number of sulfonamides is 1. The molecule has 2 heterocycles. The maximum atomic E-state index is 12.1. The van der Waals surface area contributed by atoms with Gasteiger partial charge in [-0.15, -0.1) is 0 Å². The molecular formula is C9H14N4O3S. The first kappa shape index (κ1) is 12.1. The number of aromatic amines is 1. The average molecular weight is 258 g/mol. The Balaban J connectivity index is 2.25. The summed E-state index contributed by atoms with van der Waals surface area (Å²) >= 11 is 0. The molecule has 1 saturated heterocycles. The zero-order chi connectivity index (χ0) is 12.5. The van der Waals surface area contributed by atoms with Crippen LogP contribution in [-0.2, 0) is 14.8 Å². The number of carbonyl (C=O) groups is 1. The van der Waals surface area contributed by atoms with Gasteiger partial charge in [0.05, 0.1) is 12.7 Å². The fourth-order valence-corrected chi connectivity index (χ4v) is 3.03. The van der Waals surface area contributed by atoms with Crippen molar-refractivity contribution in [3.63, 3.8) is 0 Å². The van der Waals surface area contributed by atoms with Crippen molar-refractivity contribution in [1.29, 1.82) is 0 Å². The Hall–Kier alpha value is -1.41. The van der Waals surface area contributed by atoms with Crippen LogP contribution in [-0.4, -0.2) is 60.4 Å².